The molecule has 1 aromatic rings. The molecule has 0 heterocycles. The van der Waals surface area contributed by atoms with Gasteiger partial charge in [-0.3, -0.25) is 0 Å². The molecule has 1 atom stereocenters. The molecule has 0 saturated heterocycles. The van der Waals surface area contributed by atoms with Gasteiger partial charge < -0.3 is 10.1 Å². The van der Waals surface area contributed by atoms with Gasteiger partial charge in [0.05, 0.1) is 6.10 Å². The van der Waals surface area contributed by atoms with E-state index in [9.17, 15) is 8.78 Å². The van der Waals surface area contributed by atoms with Gasteiger partial charge in [0.25, 0.3) is 6.43 Å². The van der Waals surface area contributed by atoms with Crippen molar-refractivity contribution in [3.05, 3.63) is 29.8 Å². The zero-order valence-electron chi connectivity index (χ0n) is 12.0. The molecule has 4 heteroatoms. The Morgan fingerprint density at radius 3 is 2.21 bits per heavy atom. The number of hydrogen-bond acceptors (Lipinski definition) is 2. The topological polar surface area (TPSA) is 21.3 Å². The first kappa shape index (κ1) is 15.9. The molecule has 0 aliphatic rings. The van der Waals surface area contributed by atoms with Gasteiger partial charge >= 0.3 is 0 Å². The molecule has 2 nitrogen and oxygen atoms in total. The maximum atomic E-state index is 13.3. The van der Waals surface area contributed by atoms with Gasteiger partial charge in [-0.2, -0.15) is 0 Å². The first-order valence-corrected chi connectivity index (χ1v) is 6.70. The summed E-state index contributed by atoms with van der Waals surface area (Å²) in [6.45, 7) is 7.91. The lowest BCUT2D eigenvalue weighted by molar-refractivity contribution is 0.0384. The lowest BCUT2D eigenvalue weighted by Crippen LogP contribution is -2.46. The minimum absolute atomic E-state index is 0.0746. The van der Waals surface area contributed by atoms with Crippen LogP contribution in [0.5, 0.6) is 5.75 Å². The van der Waals surface area contributed by atoms with Crippen molar-refractivity contribution in [3.8, 4) is 5.75 Å². The second-order valence-electron chi connectivity index (χ2n) is 5.12. The van der Waals surface area contributed by atoms with Crippen LogP contribution in [0.4, 0.5) is 8.78 Å². The van der Waals surface area contributed by atoms with E-state index in [-0.39, 0.29) is 6.10 Å². The Hall–Kier alpha value is -1.16. The average Bonchev–Trinajstić information content (AvgIpc) is 2.35. The van der Waals surface area contributed by atoms with Gasteiger partial charge in [-0.05, 0) is 51.4 Å². The third kappa shape index (κ3) is 4.16. The van der Waals surface area contributed by atoms with Crippen LogP contribution in [-0.4, -0.2) is 19.1 Å². The third-order valence-corrected chi connectivity index (χ3v) is 3.00. The van der Waals surface area contributed by atoms with Crippen molar-refractivity contribution in [1.29, 1.82) is 0 Å². The smallest absolute Gasteiger partial charge is 0.260 e. The summed E-state index contributed by atoms with van der Waals surface area (Å²) in [5, 5.41) is 2.93. The molecule has 0 aliphatic carbocycles. The van der Waals surface area contributed by atoms with Gasteiger partial charge in [0, 0.05) is 0 Å². The molecule has 108 valence electrons. The van der Waals surface area contributed by atoms with Crippen molar-refractivity contribution < 1.29 is 13.5 Å². The predicted octanol–water partition coefficient (Wildman–Crippen LogP) is 3.95. The van der Waals surface area contributed by atoms with Gasteiger partial charge in [0.15, 0.2) is 0 Å². The molecule has 0 aliphatic heterocycles. The molecule has 0 spiro atoms. The summed E-state index contributed by atoms with van der Waals surface area (Å²) in [5.74, 6) is 0.700. The summed E-state index contributed by atoms with van der Waals surface area (Å²) < 4.78 is 32.1. The quantitative estimate of drug-likeness (QED) is 0.810. The molecule has 0 amide bonds. The summed E-state index contributed by atoms with van der Waals surface area (Å²) in [5.41, 5.74) is -0.737. The molecule has 0 aromatic heterocycles. The van der Waals surface area contributed by atoms with Gasteiger partial charge in [0.1, 0.15) is 11.3 Å². The standard InChI is InChI=1S/C15H23F2NO/c1-5-10-18-15(4,14(16)17)12-6-8-13(9-7-12)19-11(2)3/h6-9,11,14,18H,5,10H2,1-4H3. The largest absolute Gasteiger partial charge is 0.491 e. The highest BCUT2D eigenvalue weighted by Crippen LogP contribution is 2.29. The van der Waals surface area contributed by atoms with E-state index in [1.165, 1.54) is 6.92 Å². The molecular weight excluding hydrogens is 248 g/mol. The van der Waals surface area contributed by atoms with Crippen LogP contribution in [0.3, 0.4) is 0 Å². The van der Waals surface area contributed by atoms with Gasteiger partial charge in [-0.1, -0.05) is 19.1 Å². The molecular formula is C15H23F2NO. The summed E-state index contributed by atoms with van der Waals surface area (Å²) in [6.07, 6.45) is -1.57. The van der Waals surface area contributed by atoms with E-state index >= 15 is 0 Å². The van der Waals surface area contributed by atoms with Crippen molar-refractivity contribution in [3.63, 3.8) is 0 Å². The Morgan fingerprint density at radius 2 is 1.79 bits per heavy atom. The van der Waals surface area contributed by atoms with E-state index < -0.39 is 12.0 Å². The Morgan fingerprint density at radius 1 is 1.21 bits per heavy atom. The van der Waals surface area contributed by atoms with E-state index in [1.54, 1.807) is 24.3 Å². The fourth-order valence-electron chi connectivity index (χ4n) is 1.84. The number of nitrogens with one attached hydrogen (secondary N) is 1. The van der Waals surface area contributed by atoms with Crippen molar-refractivity contribution in [2.24, 2.45) is 0 Å². The Labute approximate surface area is 114 Å². The molecule has 1 unspecified atom stereocenters. The van der Waals surface area contributed by atoms with Crippen molar-refractivity contribution in [1.82, 2.24) is 5.32 Å². The van der Waals surface area contributed by atoms with Crippen LogP contribution in [0.2, 0.25) is 0 Å². The van der Waals surface area contributed by atoms with E-state index in [0.29, 0.717) is 17.9 Å². The maximum absolute atomic E-state index is 13.3. The molecule has 19 heavy (non-hydrogen) atoms. The van der Waals surface area contributed by atoms with Gasteiger partial charge in [-0.25, -0.2) is 8.78 Å². The first-order valence-electron chi connectivity index (χ1n) is 6.70. The zero-order chi connectivity index (χ0) is 14.5. The van der Waals surface area contributed by atoms with Crippen molar-refractivity contribution in [2.75, 3.05) is 6.54 Å². The molecule has 1 N–H and O–H groups in total. The van der Waals surface area contributed by atoms with Crippen molar-refractivity contribution in [2.45, 2.75) is 52.2 Å². The maximum Gasteiger partial charge on any atom is 0.260 e. The molecule has 0 radical (unpaired) electrons. The minimum Gasteiger partial charge on any atom is -0.491 e. The normalized spacial score (nSPS) is 14.7. The predicted molar refractivity (Wildman–Crippen MR) is 73.9 cm³/mol. The first-order chi connectivity index (χ1) is 8.90. The molecule has 0 fully saturated rings. The number of ether oxygens (including phenoxy) is 1. The highest BCUT2D eigenvalue weighted by Gasteiger charge is 2.36. The average molecular weight is 271 g/mol. The highest BCUT2D eigenvalue weighted by molar-refractivity contribution is 5.32. The second-order valence-corrected chi connectivity index (χ2v) is 5.12. The van der Waals surface area contributed by atoms with Crippen LogP contribution in [-0.2, 0) is 5.54 Å². The van der Waals surface area contributed by atoms with Crippen LogP contribution in [0.1, 0.15) is 39.7 Å². The summed E-state index contributed by atoms with van der Waals surface area (Å²) in [7, 11) is 0. The summed E-state index contributed by atoms with van der Waals surface area (Å²) in [6, 6.07) is 6.88. The fourth-order valence-corrected chi connectivity index (χ4v) is 1.84. The van der Waals surface area contributed by atoms with Crippen LogP contribution < -0.4 is 10.1 Å². The number of benzene rings is 1. The molecule has 0 saturated carbocycles. The Balaban J connectivity index is 2.91. The van der Waals surface area contributed by atoms with Crippen LogP contribution >= 0.6 is 0 Å². The van der Waals surface area contributed by atoms with E-state index in [4.69, 9.17) is 4.74 Å². The lowest BCUT2D eigenvalue weighted by atomic mass is 9.92. The number of rotatable bonds is 7. The molecule has 1 rings (SSSR count). The molecule has 0 bridgehead atoms. The minimum atomic E-state index is -2.46. The number of alkyl halides is 2. The van der Waals surface area contributed by atoms with Gasteiger partial charge in [0.2, 0.25) is 0 Å². The monoisotopic (exact) mass is 271 g/mol. The third-order valence-electron chi connectivity index (χ3n) is 3.00. The van der Waals surface area contributed by atoms with E-state index in [0.717, 1.165) is 6.42 Å². The number of halogens is 2. The fraction of sp³-hybridized carbons (Fsp3) is 0.600. The zero-order valence-corrected chi connectivity index (χ0v) is 12.0. The van der Waals surface area contributed by atoms with E-state index in [1.807, 2.05) is 20.8 Å². The van der Waals surface area contributed by atoms with Crippen LogP contribution in [0.15, 0.2) is 24.3 Å². The van der Waals surface area contributed by atoms with E-state index in [2.05, 4.69) is 5.32 Å². The highest BCUT2D eigenvalue weighted by atomic mass is 19.3. The van der Waals surface area contributed by atoms with Gasteiger partial charge in [-0.15, -0.1) is 0 Å². The Kier molecular flexibility index (Phi) is 5.73. The van der Waals surface area contributed by atoms with Crippen molar-refractivity contribution >= 4 is 0 Å². The lowest BCUT2D eigenvalue weighted by Gasteiger charge is -2.30. The summed E-state index contributed by atoms with van der Waals surface area (Å²) >= 11 is 0. The summed E-state index contributed by atoms with van der Waals surface area (Å²) in [4.78, 5) is 0. The molecule has 1 aromatic carbocycles. The van der Waals surface area contributed by atoms with Crippen LogP contribution in [0, 0.1) is 0 Å². The SMILES string of the molecule is CCCNC(C)(c1ccc(OC(C)C)cc1)C(F)F. The number of hydrogen-bond donors (Lipinski definition) is 1. The Bertz CT molecular complexity index is 378. The van der Waals surface area contributed by atoms with Crippen LogP contribution in [0.25, 0.3) is 0 Å². The second kappa shape index (κ2) is 6.85.